The number of alkyl halides is 1. The summed E-state index contributed by atoms with van der Waals surface area (Å²) in [4.78, 5) is 0. The van der Waals surface area contributed by atoms with Crippen LogP contribution in [-0.4, -0.2) is 19.0 Å². The van der Waals surface area contributed by atoms with Crippen molar-refractivity contribution in [2.45, 2.75) is 25.7 Å². The Balaban J connectivity index is 1.96. The van der Waals surface area contributed by atoms with Gasteiger partial charge in [-0.25, -0.2) is 0 Å². The van der Waals surface area contributed by atoms with Crippen LogP contribution in [-0.2, 0) is 0 Å². The molecule has 1 spiro atoms. The molecule has 1 aliphatic heterocycles. The van der Waals surface area contributed by atoms with E-state index < -0.39 is 0 Å². The second-order valence-corrected chi connectivity index (χ2v) is 4.50. The number of rotatable bonds is 1. The highest BCUT2D eigenvalue weighted by molar-refractivity contribution is 6.18. The third-order valence-corrected chi connectivity index (χ3v) is 3.79. The molecule has 0 bridgehead atoms. The molecule has 1 nitrogen and oxygen atoms in total. The number of hydrogen-bond acceptors (Lipinski definition) is 1. The first-order valence-electron chi connectivity index (χ1n) is 4.61. The minimum atomic E-state index is 0.666. The van der Waals surface area contributed by atoms with Crippen LogP contribution in [0.3, 0.4) is 0 Å². The summed E-state index contributed by atoms with van der Waals surface area (Å²) in [5, 5.41) is 3.46. The second kappa shape index (κ2) is 2.95. The van der Waals surface area contributed by atoms with Crippen LogP contribution < -0.4 is 5.32 Å². The molecule has 64 valence electrons. The summed E-state index contributed by atoms with van der Waals surface area (Å²) in [6.07, 6.45) is 5.55. The Kier molecular flexibility index (Phi) is 2.11. The van der Waals surface area contributed by atoms with Gasteiger partial charge in [-0.2, -0.15) is 0 Å². The summed E-state index contributed by atoms with van der Waals surface area (Å²) in [5.74, 6) is 1.69. The SMILES string of the molecule is ClC[C@@H]1CC[C@@]2(CCNC2)C1. The highest BCUT2D eigenvalue weighted by Crippen LogP contribution is 2.45. The third-order valence-electron chi connectivity index (χ3n) is 3.35. The van der Waals surface area contributed by atoms with E-state index in [4.69, 9.17) is 11.6 Å². The van der Waals surface area contributed by atoms with E-state index in [0.29, 0.717) is 5.41 Å². The monoisotopic (exact) mass is 173 g/mol. The minimum Gasteiger partial charge on any atom is -0.316 e. The summed E-state index contributed by atoms with van der Waals surface area (Å²) in [7, 11) is 0. The lowest BCUT2D eigenvalue weighted by Crippen LogP contribution is -2.20. The smallest absolute Gasteiger partial charge is 0.0251 e. The molecular weight excluding hydrogens is 158 g/mol. The second-order valence-electron chi connectivity index (χ2n) is 4.19. The molecule has 0 aromatic rings. The third kappa shape index (κ3) is 1.41. The standard InChI is InChI=1S/C9H16ClN/c10-6-8-1-2-9(5-8)3-4-11-7-9/h8,11H,1-7H2/t8-,9-/m1/s1. The Hall–Kier alpha value is 0.250. The van der Waals surface area contributed by atoms with E-state index in [-0.39, 0.29) is 0 Å². The van der Waals surface area contributed by atoms with Gasteiger partial charge in [0.05, 0.1) is 0 Å². The van der Waals surface area contributed by atoms with Crippen molar-refractivity contribution in [3.8, 4) is 0 Å². The topological polar surface area (TPSA) is 12.0 Å². The van der Waals surface area contributed by atoms with Crippen LogP contribution in [0.2, 0.25) is 0 Å². The lowest BCUT2D eigenvalue weighted by Gasteiger charge is -2.21. The summed E-state index contributed by atoms with van der Waals surface area (Å²) in [6, 6.07) is 0. The Bertz CT molecular complexity index is 140. The van der Waals surface area contributed by atoms with Crippen molar-refractivity contribution >= 4 is 11.6 Å². The Labute approximate surface area is 73.5 Å². The predicted molar refractivity (Wildman–Crippen MR) is 48.0 cm³/mol. The normalized spacial score (nSPS) is 43.9. The molecule has 1 aliphatic carbocycles. The van der Waals surface area contributed by atoms with E-state index in [1.807, 2.05) is 0 Å². The van der Waals surface area contributed by atoms with Gasteiger partial charge in [0, 0.05) is 12.4 Å². The Morgan fingerprint density at radius 3 is 2.91 bits per heavy atom. The van der Waals surface area contributed by atoms with Crippen LogP contribution in [0.5, 0.6) is 0 Å². The van der Waals surface area contributed by atoms with Gasteiger partial charge in [-0.1, -0.05) is 0 Å². The molecule has 0 radical (unpaired) electrons. The van der Waals surface area contributed by atoms with E-state index in [1.165, 1.54) is 38.8 Å². The number of hydrogen-bond donors (Lipinski definition) is 1. The molecule has 0 aromatic carbocycles. The number of halogens is 1. The number of nitrogens with one attached hydrogen (secondary N) is 1. The maximum absolute atomic E-state index is 5.85. The van der Waals surface area contributed by atoms with E-state index in [9.17, 15) is 0 Å². The fourth-order valence-corrected chi connectivity index (χ4v) is 2.91. The van der Waals surface area contributed by atoms with Gasteiger partial charge in [-0.3, -0.25) is 0 Å². The van der Waals surface area contributed by atoms with Crippen LogP contribution in [0.1, 0.15) is 25.7 Å². The van der Waals surface area contributed by atoms with Crippen LogP contribution in [0.25, 0.3) is 0 Å². The largest absolute Gasteiger partial charge is 0.316 e. The van der Waals surface area contributed by atoms with Gasteiger partial charge >= 0.3 is 0 Å². The minimum absolute atomic E-state index is 0.666. The van der Waals surface area contributed by atoms with Gasteiger partial charge in [-0.05, 0) is 43.6 Å². The molecule has 0 amide bonds. The molecule has 1 heterocycles. The summed E-state index contributed by atoms with van der Waals surface area (Å²) >= 11 is 5.85. The first-order valence-corrected chi connectivity index (χ1v) is 5.15. The van der Waals surface area contributed by atoms with Gasteiger partial charge in [0.15, 0.2) is 0 Å². The molecule has 11 heavy (non-hydrogen) atoms. The first-order chi connectivity index (χ1) is 5.35. The summed E-state index contributed by atoms with van der Waals surface area (Å²) in [5.41, 5.74) is 0.666. The highest BCUT2D eigenvalue weighted by atomic mass is 35.5. The molecule has 2 atom stereocenters. The van der Waals surface area contributed by atoms with Gasteiger partial charge in [0.1, 0.15) is 0 Å². The lowest BCUT2D eigenvalue weighted by molar-refractivity contribution is 0.324. The van der Waals surface area contributed by atoms with E-state index in [1.54, 1.807) is 0 Å². The average Bonchev–Trinajstić information content (AvgIpc) is 2.62. The first kappa shape index (κ1) is 7.88. The molecule has 2 aliphatic rings. The summed E-state index contributed by atoms with van der Waals surface area (Å²) < 4.78 is 0. The maximum Gasteiger partial charge on any atom is 0.0251 e. The zero-order valence-corrected chi connectivity index (χ0v) is 7.66. The quantitative estimate of drug-likeness (QED) is 0.599. The van der Waals surface area contributed by atoms with Crippen molar-refractivity contribution in [1.82, 2.24) is 5.32 Å². The van der Waals surface area contributed by atoms with Crippen LogP contribution in [0.15, 0.2) is 0 Å². The van der Waals surface area contributed by atoms with E-state index in [2.05, 4.69) is 5.32 Å². The van der Waals surface area contributed by atoms with E-state index in [0.717, 1.165) is 11.8 Å². The van der Waals surface area contributed by atoms with Crippen molar-refractivity contribution < 1.29 is 0 Å². The van der Waals surface area contributed by atoms with Gasteiger partial charge in [0.2, 0.25) is 0 Å². The fraction of sp³-hybridized carbons (Fsp3) is 1.00. The van der Waals surface area contributed by atoms with Crippen molar-refractivity contribution in [2.24, 2.45) is 11.3 Å². The Morgan fingerprint density at radius 1 is 1.45 bits per heavy atom. The summed E-state index contributed by atoms with van der Waals surface area (Å²) in [6.45, 7) is 2.48. The van der Waals surface area contributed by atoms with Gasteiger partial charge in [-0.15, -0.1) is 11.6 Å². The van der Waals surface area contributed by atoms with Crippen molar-refractivity contribution in [3.63, 3.8) is 0 Å². The zero-order valence-electron chi connectivity index (χ0n) is 6.91. The molecule has 0 aromatic heterocycles. The molecule has 1 saturated carbocycles. The van der Waals surface area contributed by atoms with Crippen molar-refractivity contribution in [2.75, 3.05) is 19.0 Å². The van der Waals surface area contributed by atoms with Crippen LogP contribution >= 0.6 is 11.6 Å². The zero-order chi connectivity index (χ0) is 7.73. The van der Waals surface area contributed by atoms with Crippen molar-refractivity contribution in [1.29, 1.82) is 0 Å². The molecule has 2 rings (SSSR count). The molecule has 2 heteroatoms. The molecule has 1 saturated heterocycles. The highest BCUT2D eigenvalue weighted by Gasteiger charge is 2.40. The molecule has 0 unspecified atom stereocenters. The van der Waals surface area contributed by atoms with Crippen molar-refractivity contribution in [3.05, 3.63) is 0 Å². The lowest BCUT2D eigenvalue weighted by atomic mass is 9.85. The maximum atomic E-state index is 5.85. The van der Waals surface area contributed by atoms with Crippen LogP contribution in [0.4, 0.5) is 0 Å². The molecule has 1 N–H and O–H groups in total. The molecular formula is C9H16ClN. The Morgan fingerprint density at radius 2 is 2.36 bits per heavy atom. The predicted octanol–water partition coefficient (Wildman–Crippen LogP) is 2.00. The van der Waals surface area contributed by atoms with Crippen LogP contribution in [0, 0.1) is 11.3 Å². The van der Waals surface area contributed by atoms with Gasteiger partial charge in [0.25, 0.3) is 0 Å². The fourth-order valence-electron chi connectivity index (χ4n) is 2.64. The molecule has 2 fully saturated rings. The van der Waals surface area contributed by atoms with E-state index >= 15 is 0 Å². The average molecular weight is 174 g/mol. The van der Waals surface area contributed by atoms with Gasteiger partial charge < -0.3 is 5.32 Å².